The van der Waals surface area contributed by atoms with E-state index in [9.17, 15) is 0 Å². The van der Waals surface area contributed by atoms with Crippen LogP contribution in [0.4, 0.5) is 0 Å². The van der Waals surface area contributed by atoms with E-state index in [-0.39, 0.29) is 0 Å². The lowest BCUT2D eigenvalue weighted by Crippen LogP contribution is -1.82. The van der Waals surface area contributed by atoms with E-state index in [2.05, 4.69) is 46.4 Å². The summed E-state index contributed by atoms with van der Waals surface area (Å²) >= 11 is 5.37. The summed E-state index contributed by atoms with van der Waals surface area (Å²) in [5, 5.41) is 3.47. The minimum atomic E-state index is 0.723. The van der Waals surface area contributed by atoms with E-state index in [1.54, 1.807) is 11.3 Å². The van der Waals surface area contributed by atoms with Gasteiger partial charge in [-0.25, -0.2) is 4.98 Å². The monoisotopic (exact) mass is 293 g/mol. The molecule has 2 unspecified atom stereocenters. The van der Waals surface area contributed by atoms with Crippen LogP contribution in [0.5, 0.6) is 0 Å². The Balaban J connectivity index is 1.95. The summed E-state index contributed by atoms with van der Waals surface area (Å²) in [7, 11) is 0. The lowest BCUT2D eigenvalue weighted by atomic mass is 10.2. The second-order valence-corrected chi connectivity index (χ2v) is 6.11. The smallest absolute Gasteiger partial charge is 0.0966 e. The van der Waals surface area contributed by atoms with Crippen molar-refractivity contribution < 1.29 is 0 Å². The standard InChI is InChI=1S/C13H12BrNS/c1-8-6-10(8)13-15-12(7-16-13)9-4-2-3-5-11(9)14/h2-5,7-8,10H,6H2,1H3. The maximum Gasteiger partial charge on any atom is 0.0966 e. The molecule has 3 heteroatoms. The van der Waals surface area contributed by atoms with Gasteiger partial charge in [0.25, 0.3) is 0 Å². The topological polar surface area (TPSA) is 12.9 Å². The second kappa shape index (κ2) is 3.97. The summed E-state index contributed by atoms with van der Waals surface area (Å²) in [4.78, 5) is 4.74. The molecular formula is C13H12BrNS. The van der Waals surface area contributed by atoms with E-state index >= 15 is 0 Å². The van der Waals surface area contributed by atoms with Gasteiger partial charge in [-0.15, -0.1) is 11.3 Å². The number of aromatic nitrogens is 1. The summed E-state index contributed by atoms with van der Waals surface area (Å²) in [6, 6.07) is 8.26. The second-order valence-electron chi connectivity index (χ2n) is 4.37. The molecule has 0 saturated heterocycles. The number of hydrogen-bond acceptors (Lipinski definition) is 2. The molecule has 2 aromatic rings. The SMILES string of the molecule is CC1CC1c1nc(-c2ccccc2Br)cs1. The van der Waals surface area contributed by atoms with E-state index in [0.717, 1.165) is 22.0 Å². The Morgan fingerprint density at radius 2 is 2.12 bits per heavy atom. The van der Waals surface area contributed by atoms with Crippen molar-refractivity contribution in [2.24, 2.45) is 5.92 Å². The van der Waals surface area contributed by atoms with Crippen molar-refractivity contribution >= 4 is 27.3 Å². The average Bonchev–Trinajstić information content (AvgIpc) is 2.82. The van der Waals surface area contributed by atoms with Gasteiger partial charge in [0.05, 0.1) is 10.7 Å². The molecule has 0 aliphatic heterocycles. The number of nitrogens with zero attached hydrogens (tertiary/aromatic N) is 1. The van der Waals surface area contributed by atoms with Gasteiger partial charge in [-0.2, -0.15) is 0 Å². The summed E-state index contributed by atoms with van der Waals surface area (Å²) < 4.78 is 1.12. The van der Waals surface area contributed by atoms with Gasteiger partial charge in [-0.3, -0.25) is 0 Å². The first-order chi connectivity index (χ1) is 7.75. The predicted octanol–water partition coefficient (Wildman–Crippen LogP) is 4.70. The third-order valence-corrected chi connectivity index (χ3v) is 4.77. The third kappa shape index (κ3) is 1.82. The molecule has 0 spiro atoms. The first-order valence-corrected chi connectivity index (χ1v) is 7.13. The van der Waals surface area contributed by atoms with Crippen molar-refractivity contribution in [2.75, 3.05) is 0 Å². The third-order valence-electron chi connectivity index (χ3n) is 3.10. The van der Waals surface area contributed by atoms with Crippen LogP contribution in [0.25, 0.3) is 11.3 Å². The van der Waals surface area contributed by atoms with Crippen molar-refractivity contribution in [3.05, 3.63) is 39.1 Å². The van der Waals surface area contributed by atoms with Crippen molar-refractivity contribution in [3.8, 4) is 11.3 Å². The van der Waals surface area contributed by atoms with Crippen LogP contribution in [0.15, 0.2) is 34.1 Å². The predicted molar refractivity (Wildman–Crippen MR) is 71.8 cm³/mol. The number of benzene rings is 1. The summed E-state index contributed by atoms with van der Waals surface area (Å²) in [5.74, 6) is 1.56. The van der Waals surface area contributed by atoms with Crippen LogP contribution in [-0.2, 0) is 0 Å². The van der Waals surface area contributed by atoms with Crippen molar-refractivity contribution in [3.63, 3.8) is 0 Å². The van der Waals surface area contributed by atoms with Crippen LogP contribution in [-0.4, -0.2) is 4.98 Å². The first-order valence-electron chi connectivity index (χ1n) is 5.46. The molecule has 16 heavy (non-hydrogen) atoms. The highest BCUT2D eigenvalue weighted by molar-refractivity contribution is 9.10. The molecule has 0 amide bonds. The largest absolute Gasteiger partial charge is 0.241 e. The molecular weight excluding hydrogens is 282 g/mol. The zero-order chi connectivity index (χ0) is 11.1. The Hall–Kier alpha value is -0.670. The minimum Gasteiger partial charge on any atom is -0.241 e. The Bertz CT molecular complexity index is 520. The van der Waals surface area contributed by atoms with Crippen molar-refractivity contribution in [1.82, 2.24) is 4.98 Å². The van der Waals surface area contributed by atoms with Gasteiger partial charge >= 0.3 is 0 Å². The first kappa shape index (κ1) is 10.5. The quantitative estimate of drug-likeness (QED) is 0.782. The highest BCUT2D eigenvalue weighted by Crippen LogP contribution is 2.48. The Kier molecular flexibility index (Phi) is 2.60. The molecule has 1 saturated carbocycles. The Morgan fingerprint density at radius 1 is 1.38 bits per heavy atom. The summed E-state index contributed by atoms with van der Waals surface area (Å²) in [6.45, 7) is 2.30. The van der Waals surface area contributed by atoms with E-state index in [4.69, 9.17) is 4.98 Å². The lowest BCUT2D eigenvalue weighted by molar-refractivity contribution is 0.906. The van der Waals surface area contributed by atoms with E-state index in [1.807, 2.05) is 6.07 Å². The number of halogens is 1. The highest BCUT2D eigenvalue weighted by Gasteiger charge is 2.36. The van der Waals surface area contributed by atoms with Crippen LogP contribution >= 0.6 is 27.3 Å². The maximum absolute atomic E-state index is 4.74. The van der Waals surface area contributed by atoms with Crippen LogP contribution in [0.3, 0.4) is 0 Å². The fourth-order valence-corrected chi connectivity index (χ4v) is 3.47. The highest BCUT2D eigenvalue weighted by atomic mass is 79.9. The summed E-state index contributed by atoms with van der Waals surface area (Å²) in [5.41, 5.74) is 2.30. The van der Waals surface area contributed by atoms with Gasteiger partial charge < -0.3 is 0 Å². The molecule has 82 valence electrons. The van der Waals surface area contributed by atoms with Gasteiger partial charge in [-0.05, 0) is 18.4 Å². The molecule has 1 nitrogen and oxygen atoms in total. The number of rotatable bonds is 2. The molecule has 0 bridgehead atoms. The molecule has 3 rings (SSSR count). The van der Waals surface area contributed by atoms with Crippen molar-refractivity contribution in [2.45, 2.75) is 19.3 Å². The normalized spacial score (nSPS) is 23.4. The van der Waals surface area contributed by atoms with E-state index in [0.29, 0.717) is 0 Å². The van der Waals surface area contributed by atoms with Gasteiger partial charge in [0.2, 0.25) is 0 Å². The fraction of sp³-hybridized carbons (Fsp3) is 0.308. The van der Waals surface area contributed by atoms with Gasteiger partial charge in [-0.1, -0.05) is 41.1 Å². The zero-order valence-corrected chi connectivity index (χ0v) is 11.4. The zero-order valence-electron chi connectivity index (χ0n) is 8.98. The van der Waals surface area contributed by atoms with E-state index in [1.165, 1.54) is 17.0 Å². The molecule has 0 N–H and O–H groups in total. The molecule has 1 aromatic carbocycles. The molecule has 1 aliphatic rings. The molecule has 2 atom stereocenters. The fourth-order valence-electron chi connectivity index (χ4n) is 1.92. The molecule has 0 radical (unpaired) electrons. The van der Waals surface area contributed by atoms with Crippen LogP contribution < -0.4 is 0 Å². The Morgan fingerprint density at radius 3 is 2.81 bits per heavy atom. The van der Waals surface area contributed by atoms with Crippen molar-refractivity contribution in [1.29, 1.82) is 0 Å². The molecule has 1 aromatic heterocycles. The van der Waals surface area contributed by atoms with Crippen LogP contribution in [0.2, 0.25) is 0 Å². The van der Waals surface area contributed by atoms with E-state index < -0.39 is 0 Å². The number of thiazole rings is 1. The Labute approximate surface area is 108 Å². The average molecular weight is 294 g/mol. The van der Waals surface area contributed by atoms with Crippen LogP contribution in [0.1, 0.15) is 24.3 Å². The molecule has 1 fully saturated rings. The summed E-state index contributed by atoms with van der Waals surface area (Å²) in [6.07, 6.45) is 1.31. The van der Waals surface area contributed by atoms with Crippen LogP contribution in [0, 0.1) is 5.92 Å². The molecule has 1 heterocycles. The molecule has 1 aliphatic carbocycles. The minimum absolute atomic E-state index is 0.723. The lowest BCUT2D eigenvalue weighted by Gasteiger charge is -1.99. The number of hydrogen-bond donors (Lipinski definition) is 0. The maximum atomic E-state index is 4.74. The van der Waals surface area contributed by atoms with Gasteiger partial charge in [0.15, 0.2) is 0 Å². The van der Waals surface area contributed by atoms with Gasteiger partial charge in [0, 0.05) is 21.3 Å². The van der Waals surface area contributed by atoms with Gasteiger partial charge in [0.1, 0.15) is 0 Å².